The average Bonchev–Trinajstić information content (AvgIpc) is 2.28. The third kappa shape index (κ3) is 2.45. The van der Waals surface area contributed by atoms with E-state index in [-0.39, 0.29) is 5.75 Å². The number of benzene rings is 1. The van der Waals surface area contributed by atoms with Crippen LogP contribution in [0.1, 0.15) is 6.92 Å². The fraction of sp³-hybridized carbons (Fsp3) is 0.500. The lowest BCUT2D eigenvalue weighted by Gasteiger charge is -2.40. The largest absolute Gasteiger partial charge is 0.371 e. The van der Waals surface area contributed by atoms with Gasteiger partial charge in [-0.3, -0.25) is 0 Å². The normalized spacial score (nSPS) is 16.9. The Hall–Kier alpha value is -1.07. The zero-order chi connectivity index (χ0) is 12.5. The van der Waals surface area contributed by atoms with Gasteiger partial charge in [0.15, 0.2) is 9.84 Å². The van der Waals surface area contributed by atoms with Crippen LogP contribution >= 0.6 is 0 Å². The van der Waals surface area contributed by atoms with E-state index in [1.54, 1.807) is 19.1 Å². The van der Waals surface area contributed by atoms with E-state index in [1.165, 1.54) is 0 Å². The molecule has 0 unspecified atom stereocenters. The number of sulfone groups is 1. The molecule has 1 aromatic carbocycles. The van der Waals surface area contributed by atoms with Crippen LogP contribution in [-0.2, 0) is 9.84 Å². The molecule has 1 aliphatic rings. The fourth-order valence-corrected chi connectivity index (χ4v) is 2.84. The van der Waals surface area contributed by atoms with E-state index in [9.17, 15) is 8.42 Å². The van der Waals surface area contributed by atoms with Crippen molar-refractivity contribution in [2.45, 2.75) is 11.8 Å². The van der Waals surface area contributed by atoms with Crippen molar-refractivity contribution in [1.29, 1.82) is 0 Å². The quantitative estimate of drug-likeness (QED) is 0.866. The van der Waals surface area contributed by atoms with Crippen molar-refractivity contribution in [3.63, 3.8) is 0 Å². The molecule has 0 atom stereocenters. The number of hydrogen-bond acceptors (Lipinski definition) is 4. The molecule has 1 aromatic rings. The Morgan fingerprint density at radius 1 is 1.29 bits per heavy atom. The minimum atomic E-state index is -3.08. The second kappa shape index (κ2) is 4.66. The van der Waals surface area contributed by atoms with Crippen LogP contribution < -0.4 is 10.6 Å². The average molecular weight is 254 g/mol. The molecule has 0 aromatic heterocycles. The zero-order valence-electron chi connectivity index (χ0n) is 9.96. The van der Waals surface area contributed by atoms with Crippen molar-refractivity contribution >= 4 is 15.5 Å². The van der Waals surface area contributed by atoms with Gasteiger partial charge in [-0.15, -0.1) is 0 Å². The summed E-state index contributed by atoms with van der Waals surface area (Å²) >= 11 is 0. The van der Waals surface area contributed by atoms with Gasteiger partial charge in [-0.05, 0) is 30.8 Å². The molecule has 5 heteroatoms. The third-order valence-corrected chi connectivity index (χ3v) is 4.98. The maximum absolute atomic E-state index is 11.6. The van der Waals surface area contributed by atoms with Crippen molar-refractivity contribution in [3.8, 4) is 0 Å². The van der Waals surface area contributed by atoms with E-state index in [1.807, 2.05) is 12.1 Å². The SMILES string of the molecule is CCS(=O)(=O)c1ccc(N2CC(CN)C2)cc1. The molecule has 17 heavy (non-hydrogen) atoms. The van der Waals surface area contributed by atoms with E-state index in [0.717, 1.165) is 25.3 Å². The highest BCUT2D eigenvalue weighted by Gasteiger charge is 2.25. The van der Waals surface area contributed by atoms with E-state index in [0.29, 0.717) is 10.8 Å². The molecule has 4 nitrogen and oxygen atoms in total. The highest BCUT2D eigenvalue weighted by Crippen LogP contribution is 2.25. The zero-order valence-corrected chi connectivity index (χ0v) is 10.8. The lowest BCUT2D eigenvalue weighted by Crippen LogP contribution is -2.49. The van der Waals surface area contributed by atoms with Gasteiger partial charge in [0.1, 0.15) is 0 Å². The van der Waals surface area contributed by atoms with Crippen molar-refractivity contribution in [3.05, 3.63) is 24.3 Å². The number of nitrogens with two attached hydrogens (primary N) is 1. The van der Waals surface area contributed by atoms with Crippen LogP contribution in [0.3, 0.4) is 0 Å². The van der Waals surface area contributed by atoms with E-state index >= 15 is 0 Å². The van der Waals surface area contributed by atoms with Crippen LogP contribution in [0.25, 0.3) is 0 Å². The molecule has 1 heterocycles. The highest BCUT2D eigenvalue weighted by molar-refractivity contribution is 7.91. The molecule has 94 valence electrons. The Labute approximate surface area is 102 Å². The first-order valence-electron chi connectivity index (χ1n) is 5.84. The first kappa shape index (κ1) is 12.4. The molecule has 0 radical (unpaired) electrons. The van der Waals surface area contributed by atoms with Gasteiger partial charge in [0, 0.05) is 24.7 Å². The molecule has 1 fully saturated rings. The molecular formula is C12H18N2O2S. The van der Waals surface area contributed by atoms with E-state index in [2.05, 4.69) is 4.90 Å². The van der Waals surface area contributed by atoms with Gasteiger partial charge in [-0.2, -0.15) is 0 Å². The van der Waals surface area contributed by atoms with Crippen molar-refractivity contribution in [1.82, 2.24) is 0 Å². The number of rotatable bonds is 4. The highest BCUT2D eigenvalue weighted by atomic mass is 32.2. The summed E-state index contributed by atoms with van der Waals surface area (Å²) in [5.74, 6) is 0.722. The molecule has 0 spiro atoms. The monoisotopic (exact) mass is 254 g/mol. The van der Waals surface area contributed by atoms with Gasteiger partial charge in [0.25, 0.3) is 0 Å². The summed E-state index contributed by atoms with van der Waals surface area (Å²) in [6.45, 7) is 4.32. The van der Waals surface area contributed by atoms with Crippen molar-refractivity contribution < 1.29 is 8.42 Å². The van der Waals surface area contributed by atoms with Crippen LogP contribution in [-0.4, -0.2) is 33.8 Å². The lowest BCUT2D eigenvalue weighted by molar-refractivity contribution is 0.420. The molecule has 0 aliphatic carbocycles. The lowest BCUT2D eigenvalue weighted by atomic mass is 10.00. The maximum Gasteiger partial charge on any atom is 0.178 e. The second-order valence-corrected chi connectivity index (χ2v) is 6.68. The smallest absolute Gasteiger partial charge is 0.178 e. The molecular weight excluding hydrogens is 236 g/mol. The Balaban J connectivity index is 2.10. The molecule has 2 N–H and O–H groups in total. The Morgan fingerprint density at radius 2 is 1.88 bits per heavy atom. The van der Waals surface area contributed by atoms with Crippen LogP contribution in [0, 0.1) is 5.92 Å². The summed E-state index contributed by atoms with van der Waals surface area (Å²) < 4.78 is 23.3. The summed E-state index contributed by atoms with van der Waals surface area (Å²) in [6.07, 6.45) is 0. The first-order valence-corrected chi connectivity index (χ1v) is 7.50. The third-order valence-electron chi connectivity index (χ3n) is 3.23. The standard InChI is InChI=1S/C12H18N2O2S/c1-2-17(15,16)12-5-3-11(4-6-12)14-8-10(7-13)9-14/h3-6,10H,2,7-9,13H2,1H3. The topological polar surface area (TPSA) is 63.4 Å². The van der Waals surface area contributed by atoms with Gasteiger partial charge in [-0.1, -0.05) is 6.92 Å². The minimum absolute atomic E-state index is 0.144. The predicted molar refractivity (Wildman–Crippen MR) is 68.9 cm³/mol. The Bertz CT molecular complexity index is 476. The maximum atomic E-state index is 11.6. The Kier molecular flexibility index (Phi) is 3.40. The summed E-state index contributed by atoms with van der Waals surface area (Å²) in [5, 5.41) is 0. The minimum Gasteiger partial charge on any atom is -0.371 e. The summed E-state index contributed by atoms with van der Waals surface area (Å²) in [7, 11) is -3.08. The molecule has 1 aliphatic heterocycles. The fourth-order valence-electron chi connectivity index (χ4n) is 1.96. The first-order chi connectivity index (χ1) is 8.06. The molecule has 2 rings (SSSR count). The van der Waals surface area contributed by atoms with Gasteiger partial charge >= 0.3 is 0 Å². The molecule has 0 bridgehead atoms. The number of hydrogen-bond donors (Lipinski definition) is 1. The molecule has 1 saturated heterocycles. The molecule has 0 saturated carbocycles. The van der Waals surface area contributed by atoms with E-state index < -0.39 is 9.84 Å². The summed E-state index contributed by atoms with van der Waals surface area (Å²) in [6, 6.07) is 7.11. The van der Waals surface area contributed by atoms with Crippen molar-refractivity contribution in [2.24, 2.45) is 11.7 Å². The van der Waals surface area contributed by atoms with Crippen LogP contribution in [0.15, 0.2) is 29.2 Å². The summed E-state index contributed by atoms with van der Waals surface area (Å²) in [5.41, 5.74) is 6.64. The van der Waals surface area contributed by atoms with Gasteiger partial charge in [0.05, 0.1) is 10.6 Å². The second-order valence-electron chi connectivity index (χ2n) is 4.40. The van der Waals surface area contributed by atoms with Gasteiger partial charge in [0.2, 0.25) is 0 Å². The number of anilines is 1. The van der Waals surface area contributed by atoms with Gasteiger partial charge in [-0.25, -0.2) is 8.42 Å². The molecule has 0 amide bonds. The summed E-state index contributed by atoms with van der Waals surface area (Å²) in [4.78, 5) is 2.61. The van der Waals surface area contributed by atoms with Gasteiger partial charge < -0.3 is 10.6 Å². The van der Waals surface area contributed by atoms with Crippen molar-refractivity contribution in [2.75, 3.05) is 30.3 Å². The van der Waals surface area contributed by atoms with Crippen LogP contribution in [0.4, 0.5) is 5.69 Å². The number of nitrogens with zero attached hydrogens (tertiary/aromatic N) is 1. The van der Waals surface area contributed by atoms with Crippen LogP contribution in [0.5, 0.6) is 0 Å². The van der Waals surface area contributed by atoms with Crippen LogP contribution in [0.2, 0.25) is 0 Å². The predicted octanol–water partition coefficient (Wildman–Crippen LogP) is 0.875. The van der Waals surface area contributed by atoms with E-state index in [4.69, 9.17) is 5.73 Å². The Morgan fingerprint density at radius 3 is 2.35 bits per heavy atom.